The van der Waals surface area contributed by atoms with Gasteiger partial charge in [-0.1, -0.05) is 12.1 Å². The van der Waals surface area contributed by atoms with Crippen LogP contribution in [0.2, 0.25) is 0 Å². The van der Waals surface area contributed by atoms with Gasteiger partial charge in [-0.2, -0.15) is 5.26 Å². The van der Waals surface area contributed by atoms with Gasteiger partial charge in [0.15, 0.2) is 17.7 Å². The van der Waals surface area contributed by atoms with Crippen LogP contribution in [0.15, 0.2) is 54.2 Å². The molecule has 2 aliphatic rings. The summed E-state index contributed by atoms with van der Waals surface area (Å²) in [6.45, 7) is 2.38. The molecule has 4 rings (SSSR count). The summed E-state index contributed by atoms with van der Waals surface area (Å²) in [5, 5.41) is 9.93. The van der Waals surface area contributed by atoms with Gasteiger partial charge in [0.25, 0.3) is 0 Å². The van der Waals surface area contributed by atoms with Gasteiger partial charge in [-0.15, -0.1) is 0 Å². The largest absolute Gasteiger partial charge is 0.493 e. The van der Waals surface area contributed by atoms with E-state index in [0.29, 0.717) is 23.7 Å². The standard InChI is InChI=1S/C21H23N5O3/c1-3-28-19-13(5-4-6-15(19)27-2)16-14(11-22)20(23)29-21-17(16)18(25-26-21)12-7-9-24-10-8-12/h4-10,16-18,21,25-26H,3,23H2,1-2H3. The lowest BCUT2D eigenvalue weighted by Gasteiger charge is -2.36. The fraction of sp³-hybridized carbons (Fsp3) is 0.333. The van der Waals surface area contributed by atoms with Crippen molar-refractivity contribution in [3.05, 3.63) is 65.3 Å². The molecule has 3 heterocycles. The summed E-state index contributed by atoms with van der Waals surface area (Å²) in [6.07, 6.45) is 3.08. The summed E-state index contributed by atoms with van der Waals surface area (Å²) in [6, 6.07) is 11.7. The summed E-state index contributed by atoms with van der Waals surface area (Å²) in [7, 11) is 1.60. The Morgan fingerprint density at radius 2 is 2.03 bits per heavy atom. The normalized spacial score (nSPS) is 25.7. The van der Waals surface area contributed by atoms with Crippen LogP contribution in [-0.4, -0.2) is 24.9 Å². The van der Waals surface area contributed by atoms with Gasteiger partial charge in [0.2, 0.25) is 5.88 Å². The number of fused-ring (bicyclic) bond motifs is 1. The van der Waals surface area contributed by atoms with Gasteiger partial charge in [-0.05, 0) is 30.7 Å². The van der Waals surface area contributed by atoms with Crippen LogP contribution in [0.5, 0.6) is 11.5 Å². The zero-order valence-corrected chi connectivity index (χ0v) is 16.3. The zero-order valence-electron chi connectivity index (χ0n) is 16.3. The Balaban J connectivity index is 1.88. The molecule has 1 aromatic heterocycles. The summed E-state index contributed by atoms with van der Waals surface area (Å²) in [4.78, 5) is 4.10. The summed E-state index contributed by atoms with van der Waals surface area (Å²) in [5.74, 6) is 0.849. The third-order valence-corrected chi connectivity index (χ3v) is 5.37. The van der Waals surface area contributed by atoms with Crippen LogP contribution >= 0.6 is 0 Å². The minimum absolute atomic E-state index is 0.119. The maximum atomic E-state index is 9.93. The first kappa shape index (κ1) is 19.1. The Kier molecular flexibility index (Phi) is 5.25. The molecule has 4 unspecified atom stereocenters. The van der Waals surface area contributed by atoms with Crippen molar-refractivity contribution in [2.45, 2.75) is 25.1 Å². The Bertz CT molecular complexity index is 957. The zero-order chi connectivity index (χ0) is 20.4. The van der Waals surface area contributed by atoms with E-state index >= 15 is 0 Å². The molecule has 1 aromatic carbocycles. The van der Waals surface area contributed by atoms with E-state index in [-0.39, 0.29) is 23.8 Å². The van der Waals surface area contributed by atoms with E-state index < -0.39 is 6.23 Å². The molecule has 0 amide bonds. The number of hydrogen-bond donors (Lipinski definition) is 3. The van der Waals surface area contributed by atoms with Gasteiger partial charge in [-0.3, -0.25) is 4.98 Å². The molecule has 150 valence electrons. The fourth-order valence-corrected chi connectivity index (χ4v) is 4.16. The number of nitriles is 1. The van der Waals surface area contributed by atoms with Crippen LogP contribution in [0.1, 0.15) is 30.0 Å². The van der Waals surface area contributed by atoms with Crippen molar-refractivity contribution in [2.24, 2.45) is 11.7 Å². The highest BCUT2D eigenvalue weighted by Crippen LogP contribution is 2.50. The second-order valence-electron chi connectivity index (χ2n) is 6.84. The molecule has 2 aromatic rings. The molecule has 0 radical (unpaired) electrons. The molecule has 4 N–H and O–H groups in total. The lowest BCUT2D eigenvalue weighted by Crippen LogP contribution is -2.41. The van der Waals surface area contributed by atoms with Crippen LogP contribution in [0, 0.1) is 17.2 Å². The van der Waals surface area contributed by atoms with Crippen molar-refractivity contribution in [3.8, 4) is 17.6 Å². The molecule has 0 bridgehead atoms. The topological polar surface area (TPSA) is 114 Å². The van der Waals surface area contributed by atoms with Gasteiger partial charge >= 0.3 is 0 Å². The second-order valence-corrected chi connectivity index (χ2v) is 6.84. The number of rotatable bonds is 5. The van der Waals surface area contributed by atoms with Crippen molar-refractivity contribution in [1.29, 1.82) is 5.26 Å². The predicted molar refractivity (Wildman–Crippen MR) is 105 cm³/mol. The van der Waals surface area contributed by atoms with Crippen molar-refractivity contribution in [3.63, 3.8) is 0 Å². The number of hydrogen-bond acceptors (Lipinski definition) is 8. The van der Waals surface area contributed by atoms with E-state index in [9.17, 15) is 5.26 Å². The van der Waals surface area contributed by atoms with Crippen molar-refractivity contribution >= 4 is 0 Å². The Hall–Kier alpha value is -3.28. The molecule has 8 heteroatoms. The highest BCUT2D eigenvalue weighted by atomic mass is 16.5. The van der Waals surface area contributed by atoms with Crippen molar-refractivity contribution < 1.29 is 14.2 Å². The lowest BCUT2D eigenvalue weighted by atomic mass is 9.74. The van der Waals surface area contributed by atoms with Crippen molar-refractivity contribution in [2.75, 3.05) is 13.7 Å². The second kappa shape index (κ2) is 7.99. The summed E-state index contributed by atoms with van der Waals surface area (Å²) in [5.41, 5.74) is 14.9. The number of allylic oxidation sites excluding steroid dienone is 1. The van der Waals surface area contributed by atoms with E-state index in [4.69, 9.17) is 19.9 Å². The first-order valence-electron chi connectivity index (χ1n) is 9.46. The number of nitrogens with two attached hydrogens (primary N) is 1. The maximum absolute atomic E-state index is 9.93. The van der Waals surface area contributed by atoms with E-state index in [1.54, 1.807) is 19.5 Å². The first-order valence-corrected chi connectivity index (χ1v) is 9.46. The number of nitrogens with one attached hydrogen (secondary N) is 2. The number of benzene rings is 1. The highest BCUT2D eigenvalue weighted by Gasteiger charge is 2.50. The number of nitrogens with zero attached hydrogens (tertiary/aromatic N) is 2. The average Bonchev–Trinajstić information content (AvgIpc) is 3.17. The molecular formula is C21H23N5O3. The van der Waals surface area contributed by atoms with E-state index in [1.165, 1.54) is 0 Å². The molecule has 0 aliphatic carbocycles. The molecule has 1 saturated heterocycles. The predicted octanol–water partition coefficient (Wildman–Crippen LogP) is 2.09. The molecule has 2 aliphatic heterocycles. The lowest BCUT2D eigenvalue weighted by molar-refractivity contribution is 0.0336. The number of para-hydroxylation sites is 1. The quantitative estimate of drug-likeness (QED) is 0.707. The van der Waals surface area contributed by atoms with Crippen molar-refractivity contribution in [1.82, 2.24) is 15.8 Å². The third-order valence-electron chi connectivity index (χ3n) is 5.37. The monoisotopic (exact) mass is 393 g/mol. The van der Waals surface area contributed by atoms with Crippen LogP contribution in [-0.2, 0) is 4.74 Å². The minimum atomic E-state index is -0.407. The van der Waals surface area contributed by atoms with E-state index in [1.807, 2.05) is 37.3 Å². The summed E-state index contributed by atoms with van der Waals surface area (Å²) < 4.78 is 17.3. The molecular weight excluding hydrogens is 370 g/mol. The molecule has 8 nitrogen and oxygen atoms in total. The van der Waals surface area contributed by atoms with Crippen LogP contribution in [0.3, 0.4) is 0 Å². The molecule has 0 saturated carbocycles. The van der Waals surface area contributed by atoms with Gasteiger partial charge < -0.3 is 19.9 Å². The first-order chi connectivity index (χ1) is 14.2. The van der Waals surface area contributed by atoms with Gasteiger partial charge in [0.1, 0.15) is 6.07 Å². The number of ether oxygens (including phenoxy) is 3. The van der Waals surface area contributed by atoms with E-state index in [0.717, 1.165) is 11.1 Å². The maximum Gasteiger partial charge on any atom is 0.200 e. The molecule has 29 heavy (non-hydrogen) atoms. The van der Waals surface area contributed by atoms with Crippen LogP contribution in [0.4, 0.5) is 0 Å². The Morgan fingerprint density at radius 3 is 2.72 bits per heavy atom. The smallest absolute Gasteiger partial charge is 0.200 e. The number of aromatic nitrogens is 1. The van der Waals surface area contributed by atoms with Gasteiger partial charge in [0.05, 0.1) is 25.3 Å². The van der Waals surface area contributed by atoms with Gasteiger partial charge in [-0.25, -0.2) is 10.9 Å². The molecule has 0 spiro atoms. The number of methoxy groups -OCH3 is 1. The molecule has 1 fully saturated rings. The van der Waals surface area contributed by atoms with Crippen LogP contribution in [0.25, 0.3) is 0 Å². The van der Waals surface area contributed by atoms with E-state index in [2.05, 4.69) is 21.9 Å². The summed E-state index contributed by atoms with van der Waals surface area (Å²) >= 11 is 0. The SMILES string of the molecule is CCOc1c(OC)cccc1C1C(C#N)=C(N)OC2NNC(c3ccncc3)C21. The number of hydrazine groups is 1. The third kappa shape index (κ3) is 3.24. The number of pyridine rings is 1. The van der Waals surface area contributed by atoms with Crippen LogP contribution < -0.4 is 26.1 Å². The Labute approximate surface area is 169 Å². The fourth-order valence-electron chi connectivity index (χ4n) is 4.16. The highest BCUT2D eigenvalue weighted by molar-refractivity contribution is 5.54. The average molecular weight is 393 g/mol. The minimum Gasteiger partial charge on any atom is -0.493 e. The molecule has 4 atom stereocenters. The van der Waals surface area contributed by atoms with Gasteiger partial charge in [0, 0.05) is 29.8 Å². The Morgan fingerprint density at radius 1 is 1.24 bits per heavy atom.